The van der Waals surface area contributed by atoms with E-state index >= 15 is 0 Å². The van der Waals surface area contributed by atoms with Crippen molar-refractivity contribution in [3.05, 3.63) is 53.1 Å². The molecule has 0 saturated carbocycles. The van der Waals surface area contributed by atoms with Gasteiger partial charge in [0, 0.05) is 31.0 Å². The average Bonchev–Trinajstić information content (AvgIpc) is 3.01. The third-order valence-corrected chi connectivity index (χ3v) is 5.10. The number of rotatable bonds is 5. The number of aliphatic hydroxyl groups excluding tert-OH is 2. The molecule has 2 heterocycles. The van der Waals surface area contributed by atoms with E-state index < -0.39 is 12.2 Å². The minimum atomic E-state index is -0.542. The molecule has 2 aromatic rings. The topological polar surface area (TPSA) is 61.5 Å². The fourth-order valence-corrected chi connectivity index (χ4v) is 3.59. The lowest BCUT2D eigenvalue weighted by Gasteiger charge is -2.35. The predicted octanol–water partition coefficient (Wildman–Crippen LogP) is 2.55. The number of aromatic nitrogens is 2. The summed E-state index contributed by atoms with van der Waals surface area (Å²) in [6, 6.07) is 7.37. The molecule has 2 atom stereocenters. The number of likely N-dealkylation sites (tertiary alicyclic amines) is 1. The van der Waals surface area contributed by atoms with Crippen molar-refractivity contribution in [3.8, 4) is 0 Å². The summed E-state index contributed by atoms with van der Waals surface area (Å²) in [6.07, 6.45) is 4.31. The van der Waals surface area contributed by atoms with Crippen LogP contribution >= 0.6 is 11.6 Å². The van der Waals surface area contributed by atoms with Crippen LogP contribution in [0.25, 0.3) is 0 Å². The highest BCUT2D eigenvalue weighted by atomic mass is 35.5. The van der Waals surface area contributed by atoms with E-state index in [0.29, 0.717) is 11.6 Å². The lowest BCUT2D eigenvalue weighted by atomic mass is 9.90. The van der Waals surface area contributed by atoms with Gasteiger partial charge in [0.2, 0.25) is 0 Å². The molecule has 6 heteroatoms. The molecular weight excluding hydrogens is 326 g/mol. The molecule has 24 heavy (non-hydrogen) atoms. The molecule has 0 bridgehead atoms. The van der Waals surface area contributed by atoms with Crippen LogP contribution in [-0.4, -0.2) is 44.3 Å². The number of aliphatic hydroxyl groups is 2. The van der Waals surface area contributed by atoms with Gasteiger partial charge in [-0.2, -0.15) is 0 Å². The summed E-state index contributed by atoms with van der Waals surface area (Å²) in [5, 5.41) is 21.6. The first kappa shape index (κ1) is 17.4. The number of β-amino-alcohol motifs (C(OH)–C–C–N with tert-alkyl or cyclic N) is 1. The standard InChI is InChI=1S/C18H24ClN3O2/c1-21-10-7-20-18(21)17(24)13-5-8-22(9-6-13)12-16(23)14-3-2-4-15(19)11-14/h2-4,7,10-11,13,16-17,23-24H,5-6,8-9,12H2,1H3. The Balaban J connectivity index is 1.53. The molecular formula is C18H24ClN3O2. The second kappa shape index (κ2) is 7.66. The van der Waals surface area contributed by atoms with Gasteiger partial charge in [0.15, 0.2) is 0 Å². The lowest BCUT2D eigenvalue weighted by molar-refractivity contribution is 0.0346. The second-order valence-corrected chi connectivity index (χ2v) is 6.99. The number of hydrogen-bond acceptors (Lipinski definition) is 4. The van der Waals surface area contributed by atoms with Crippen LogP contribution in [0.5, 0.6) is 0 Å². The molecule has 1 saturated heterocycles. The fourth-order valence-electron chi connectivity index (χ4n) is 3.39. The van der Waals surface area contributed by atoms with Crippen molar-refractivity contribution in [1.29, 1.82) is 0 Å². The third-order valence-electron chi connectivity index (χ3n) is 4.87. The molecule has 0 aliphatic carbocycles. The fraction of sp³-hybridized carbons (Fsp3) is 0.500. The normalized spacial score (nSPS) is 19.3. The molecule has 3 rings (SSSR count). The first-order chi connectivity index (χ1) is 11.5. The molecule has 2 N–H and O–H groups in total. The molecule has 1 aliphatic rings. The Morgan fingerprint density at radius 2 is 2.04 bits per heavy atom. The smallest absolute Gasteiger partial charge is 0.137 e. The quantitative estimate of drug-likeness (QED) is 0.871. The monoisotopic (exact) mass is 349 g/mol. The van der Waals surface area contributed by atoms with E-state index in [0.717, 1.165) is 37.3 Å². The molecule has 1 fully saturated rings. The molecule has 1 aromatic carbocycles. The second-order valence-electron chi connectivity index (χ2n) is 6.55. The van der Waals surface area contributed by atoms with Crippen LogP contribution in [0.2, 0.25) is 5.02 Å². The zero-order valence-corrected chi connectivity index (χ0v) is 14.6. The van der Waals surface area contributed by atoms with Crippen LogP contribution in [-0.2, 0) is 7.05 Å². The molecule has 5 nitrogen and oxygen atoms in total. The number of nitrogens with zero attached hydrogens (tertiary/aromatic N) is 3. The summed E-state index contributed by atoms with van der Waals surface area (Å²) in [6.45, 7) is 2.32. The van der Waals surface area contributed by atoms with E-state index in [4.69, 9.17) is 11.6 Å². The minimum absolute atomic E-state index is 0.214. The van der Waals surface area contributed by atoms with Crippen LogP contribution in [0, 0.1) is 5.92 Å². The molecule has 130 valence electrons. The van der Waals surface area contributed by atoms with Crippen molar-refractivity contribution in [2.24, 2.45) is 13.0 Å². The molecule has 0 radical (unpaired) electrons. The SMILES string of the molecule is Cn1ccnc1C(O)C1CCN(CC(O)c2cccc(Cl)c2)CC1. The first-order valence-electron chi connectivity index (χ1n) is 8.36. The van der Waals surface area contributed by atoms with Gasteiger partial charge in [-0.15, -0.1) is 0 Å². The molecule has 0 spiro atoms. The van der Waals surface area contributed by atoms with Crippen molar-refractivity contribution < 1.29 is 10.2 Å². The average molecular weight is 350 g/mol. The summed E-state index contributed by atoms with van der Waals surface area (Å²) in [7, 11) is 1.90. The predicted molar refractivity (Wildman–Crippen MR) is 93.7 cm³/mol. The van der Waals surface area contributed by atoms with Gasteiger partial charge in [-0.05, 0) is 49.5 Å². The van der Waals surface area contributed by atoms with Gasteiger partial charge in [0.25, 0.3) is 0 Å². The Hall–Kier alpha value is -1.40. The van der Waals surface area contributed by atoms with Crippen LogP contribution in [0.4, 0.5) is 0 Å². The highest BCUT2D eigenvalue weighted by Gasteiger charge is 2.29. The Kier molecular flexibility index (Phi) is 5.56. The first-order valence-corrected chi connectivity index (χ1v) is 8.73. The van der Waals surface area contributed by atoms with Gasteiger partial charge in [0.05, 0.1) is 6.10 Å². The van der Waals surface area contributed by atoms with E-state index in [2.05, 4.69) is 9.88 Å². The van der Waals surface area contributed by atoms with Gasteiger partial charge in [-0.3, -0.25) is 0 Å². The Morgan fingerprint density at radius 3 is 2.67 bits per heavy atom. The number of halogens is 1. The van der Waals surface area contributed by atoms with Crippen molar-refractivity contribution in [2.75, 3.05) is 19.6 Å². The zero-order valence-electron chi connectivity index (χ0n) is 13.8. The summed E-state index contributed by atoms with van der Waals surface area (Å²) < 4.78 is 1.87. The molecule has 1 aliphatic heterocycles. The number of piperidine rings is 1. The maximum absolute atomic E-state index is 10.5. The van der Waals surface area contributed by atoms with Crippen molar-refractivity contribution in [3.63, 3.8) is 0 Å². The number of aryl methyl sites for hydroxylation is 1. The van der Waals surface area contributed by atoms with E-state index in [1.54, 1.807) is 6.20 Å². The maximum atomic E-state index is 10.5. The van der Waals surface area contributed by atoms with E-state index in [1.165, 1.54) is 0 Å². The van der Waals surface area contributed by atoms with Crippen LogP contribution in [0.3, 0.4) is 0 Å². The van der Waals surface area contributed by atoms with Gasteiger partial charge in [0.1, 0.15) is 11.9 Å². The highest BCUT2D eigenvalue weighted by molar-refractivity contribution is 6.30. The summed E-state index contributed by atoms with van der Waals surface area (Å²) in [5.41, 5.74) is 0.845. The molecule has 2 unspecified atom stereocenters. The van der Waals surface area contributed by atoms with Gasteiger partial charge in [-0.25, -0.2) is 4.98 Å². The third kappa shape index (κ3) is 3.98. The van der Waals surface area contributed by atoms with Crippen molar-refractivity contribution in [2.45, 2.75) is 25.0 Å². The lowest BCUT2D eigenvalue weighted by Crippen LogP contribution is -2.38. The zero-order chi connectivity index (χ0) is 17.1. The van der Waals surface area contributed by atoms with Crippen molar-refractivity contribution >= 4 is 11.6 Å². The Morgan fingerprint density at radius 1 is 1.29 bits per heavy atom. The Bertz CT molecular complexity index is 668. The minimum Gasteiger partial charge on any atom is -0.387 e. The summed E-state index contributed by atoms with van der Waals surface area (Å²) in [4.78, 5) is 6.50. The summed E-state index contributed by atoms with van der Waals surface area (Å²) >= 11 is 5.99. The van der Waals surface area contributed by atoms with Gasteiger partial charge < -0.3 is 19.7 Å². The molecule has 0 amide bonds. The van der Waals surface area contributed by atoms with Crippen LogP contribution in [0.1, 0.15) is 36.4 Å². The maximum Gasteiger partial charge on any atom is 0.137 e. The van der Waals surface area contributed by atoms with Crippen molar-refractivity contribution in [1.82, 2.24) is 14.5 Å². The number of benzene rings is 1. The van der Waals surface area contributed by atoms with E-state index in [9.17, 15) is 10.2 Å². The Labute approximate surface area is 147 Å². The van der Waals surface area contributed by atoms with Gasteiger partial charge >= 0.3 is 0 Å². The van der Waals surface area contributed by atoms with Crippen LogP contribution < -0.4 is 0 Å². The largest absolute Gasteiger partial charge is 0.387 e. The van der Waals surface area contributed by atoms with Gasteiger partial charge in [-0.1, -0.05) is 23.7 Å². The van der Waals surface area contributed by atoms with E-state index in [1.807, 2.05) is 42.1 Å². The highest BCUT2D eigenvalue weighted by Crippen LogP contribution is 2.30. The van der Waals surface area contributed by atoms with E-state index in [-0.39, 0.29) is 5.92 Å². The summed E-state index contributed by atoms with van der Waals surface area (Å²) in [5.74, 6) is 0.943. The number of imidazole rings is 1. The number of hydrogen-bond donors (Lipinski definition) is 2. The molecule has 1 aromatic heterocycles. The van der Waals surface area contributed by atoms with Crippen LogP contribution in [0.15, 0.2) is 36.7 Å².